The molecular weight excluding hydrogens is 366 g/mol. The van der Waals surface area contributed by atoms with Crippen LogP contribution in [0.25, 0.3) is 11.3 Å². The van der Waals surface area contributed by atoms with Gasteiger partial charge in [0.15, 0.2) is 0 Å². The summed E-state index contributed by atoms with van der Waals surface area (Å²) in [6, 6.07) is 14.3. The molecule has 3 aromatic rings. The number of carbonyl (C=O) groups excluding carboxylic acids is 1. The van der Waals surface area contributed by atoms with Crippen LogP contribution in [0.4, 0.5) is 5.69 Å². The van der Waals surface area contributed by atoms with Crippen LogP contribution < -0.4 is 5.32 Å². The Kier molecular flexibility index (Phi) is 6.15. The van der Waals surface area contributed by atoms with E-state index >= 15 is 0 Å². The van der Waals surface area contributed by atoms with Crippen LogP contribution in [0, 0.1) is 34.6 Å². The van der Waals surface area contributed by atoms with Gasteiger partial charge in [-0.3, -0.25) is 4.79 Å². The molecule has 2 aromatic carbocycles. The second-order valence-corrected chi connectivity index (χ2v) is 8.16. The minimum absolute atomic E-state index is 0.0416. The monoisotopic (exact) mass is 391 g/mol. The number of nitrogens with one attached hydrogen (secondary N) is 1. The molecule has 0 bridgehead atoms. The first-order valence-electron chi connectivity index (χ1n) is 9.25. The lowest BCUT2D eigenvalue weighted by atomic mass is 10.0. The molecule has 0 saturated heterocycles. The van der Waals surface area contributed by atoms with Gasteiger partial charge in [-0.25, -0.2) is 0 Å². The molecule has 0 atom stereocenters. The summed E-state index contributed by atoms with van der Waals surface area (Å²) in [5.74, 6) is 0.254. The second kappa shape index (κ2) is 8.57. The van der Waals surface area contributed by atoms with Crippen molar-refractivity contribution in [3.05, 3.63) is 70.3 Å². The van der Waals surface area contributed by atoms with Crippen molar-refractivity contribution >= 4 is 23.4 Å². The lowest BCUT2D eigenvalue weighted by Gasteiger charge is -2.12. The molecule has 0 aliphatic carbocycles. The molecule has 0 unspecified atom stereocenters. The number of carbonyl (C=O) groups is 1. The zero-order valence-corrected chi connectivity index (χ0v) is 17.8. The van der Waals surface area contributed by atoms with Crippen LogP contribution in [0.2, 0.25) is 0 Å². The molecule has 28 heavy (non-hydrogen) atoms. The smallest absolute Gasteiger partial charge is 0.234 e. The van der Waals surface area contributed by atoms with Crippen LogP contribution >= 0.6 is 11.8 Å². The Morgan fingerprint density at radius 1 is 0.857 bits per heavy atom. The van der Waals surface area contributed by atoms with Gasteiger partial charge >= 0.3 is 0 Å². The normalized spacial score (nSPS) is 10.8. The van der Waals surface area contributed by atoms with E-state index in [0.717, 1.165) is 33.1 Å². The summed E-state index contributed by atoms with van der Waals surface area (Å²) < 4.78 is 0. The molecule has 1 N–H and O–H groups in total. The van der Waals surface area contributed by atoms with Crippen molar-refractivity contribution in [1.29, 1.82) is 0 Å². The summed E-state index contributed by atoms with van der Waals surface area (Å²) in [4.78, 5) is 12.4. The molecule has 0 radical (unpaired) electrons. The molecule has 1 amide bonds. The van der Waals surface area contributed by atoms with Crippen LogP contribution in [0.15, 0.2) is 47.5 Å². The third kappa shape index (κ3) is 4.78. The standard InChI is InChI=1S/C23H25N3OS/c1-14-10-17(4)23(18(5)11-14)24-21(27)13-28-22-9-8-20(25-26-22)19-7-6-15(2)16(3)12-19/h6-12H,13H2,1-5H3,(H,24,27). The largest absolute Gasteiger partial charge is 0.325 e. The number of nitrogens with zero attached hydrogens (tertiary/aromatic N) is 2. The minimum atomic E-state index is -0.0416. The van der Waals surface area contributed by atoms with Gasteiger partial charge in [0.05, 0.1) is 11.4 Å². The average Bonchev–Trinajstić information content (AvgIpc) is 2.65. The van der Waals surface area contributed by atoms with Crippen LogP contribution in [0.3, 0.4) is 0 Å². The van der Waals surface area contributed by atoms with Gasteiger partial charge in [0.1, 0.15) is 5.03 Å². The quantitative estimate of drug-likeness (QED) is 0.590. The van der Waals surface area contributed by atoms with E-state index in [-0.39, 0.29) is 5.91 Å². The Morgan fingerprint density at radius 3 is 2.18 bits per heavy atom. The first kappa shape index (κ1) is 20.1. The average molecular weight is 392 g/mol. The predicted octanol–water partition coefficient (Wildman–Crippen LogP) is 5.42. The zero-order valence-electron chi connectivity index (χ0n) is 17.0. The number of hydrogen-bond acceptors (Lipinski definition) is 4. The van der Waals surface area contributed by atoms with Crippen LogP contribution in [0.1, 0.15) is 27.8 Å². The molecule has 3 rings (SSSR count). The number of anilines is 1. The number of rotatable bonds is 5. The molecule has 5 heteroatoms. The summed E-state index contributed by atoms with van der Waals surface area (Å²) in [7, 11) is 0. The summed E-state index contributed by atoms with van der Waals surface area (Å²) in [6.45, 7) is 10.3. The van der Waals surface area contributed by atoms with Gasteiger partial charge in [-0.15, -0.1) is 10.2 Å². The first-order chi connectivity index (χ1) is 13.3. The van der Waals surface area contributed by atoms with Crippen molar-refractivity contribution in [3.8, 4) is 11.3 Å². The van der Waals surface area contributed by atoms with E-state index in [4.69, 9.17) is 0 Å². The van der Waals surface area contributed by atoms with Gasteiger partial charge in [0.2, 0.25) is 5.91 Å². The van der Waals surface area contributed by atoms with Gasteiger partial charge in [0, 0.05) is 11.3 Å². The number of benzene rings is 2. The van der Waals surface area contributed by atoms with Gasteiger partial charge in [0.25, 0.3) is 0 Å². The highest BCUT2D eigenvalue weighted by Gasteiger charge is 2.10. The number of thioether (sulfide) groups is 1. The zero-order chi connectivity index (χ0) is 20.3. The number of aryl methyl sites for hydroxylation is 5. The molecule has 0 aliphatic rings. The summed E-state index contributed by atoms with van der Waals surface area (Å²) in [6.07, 6.45) is 0. The molecule has 0 saturated carbocycles. The van der Waals surface area contributed by atoms with Gasteiger partial charge in [-0.05, 0) is 75.1 Å². The molecule has 1 aromatic heterocycles. The van der Waals surface area contributed by atoms with Crippen LogP contribution in [-0.4, -0.2) is 21.9 Å². The molecule has 0 fully saturated rings. The Morgan fingerprint density at radius 2 is 1.57 bits per heavy atom. The maximum atomic E-state index is 12.4. The van der Waals surface area contributed by atoms with Crippen LogP contribution in [0.5, 0.6) is 0 Å². The summed E-state index contributed by atoms with van der Waals surface area (Å²) in [5, 5.41) is 12.3. The Bertz CT molecular complexity index is 990. The van der Waals surface area contributed by atoms with Crippen molar-refractivity contribution in [1.82, 2.24) is 10.2 Å². The van der Waals surface area contributed by atoms with Gasteiger partial charge < -0.3 is 5.32 Å². The van der Waals surface area contributed by atoms with E-state index in [0.29, 0.717) is 5.75 Å². The molecule has 0 aliphatic heterocycles. The van der Waals surface area contributed by atoms with E-state index < -0.39 is 0 Å². The molecule has 0 spiro atoms. The first-order valence-corrected chi connectivity index (χ1v) is 10.2. The lowest BCUT2D eigenvalue weighted by Crippen LogP contribution is -2.16. The molecule has 144 valence electrons. The third-order valence-corrected chi connectivity index (χ3v) is 5.66. The van der Waals surface area contributed by atoms with Crippen molar-refractivity contribution in [2.24, 2.45) is 0 Å². The highest BCUT2D eigenvalue weighted by atomic mass is 32.2. The van der Waals surface area contributed by atoms with Crippen LogP contribution in [-0.2, 0) is 4.79 Å². The van der Waals surface area contributed by atoms with Gasteiger partial charge in [-0.2, -0.15) is 0 Å². The fourth-order valence-electron chi connectivity index (χ4n) is 3.14. The lowest BCUT2D eigenvalue weighted by molar-refractivity contribution is -0.113. The molecule has 4 nitrogen and oxygen atoms in total. The van der Waals surface area contributed by atoms with Crippen molar-refractivity contribution in [2.45, 2.75) is 39.6 Å². The Hall–Kier alpha value is -2.66. The summed E-state index contributed by atoms with van der Waals surface area (Å²) >= 11 is 1.39. The molecule has 1 heterocycles. The van der Waals surface area contributed by atoms with Crippen molar-refractivity contribution < 1.29 is 4.79 Å². The highest BCUT2D eigenvalue weighted by molar-refractivity contribution is 7.99. The third-order valence-electron chi connectivity index (χ3n) is 4.74. The summed E-state index contributed by atoms with van der Waals surface area (Å²) in [5.41, 5.74) is 8.62. The predicted molar refractivity (Wildman–Crippen MR) is 117 cm³/mol. The van der Waals surface area contributed by atoms with E-state index in [1.807, 2.05) is 26.0 Å². The van der Waals surface area contributed by atoms with Gasteiger partial charge in [-0.1, -0.05) is 41.6 Å². The Labute approximate surface area is 170 Å². The highest BCUT2D eigenvalue weighted by Crippen LogP contribution is 2.24. The minimum Gasteiger partial charge on any atom is -0.325 e. The molecular formula is C23H25N3OS. The number of aromatic nitrogens is 2. The number of amides is 1. The van der Waals surface area contributed by atoms with Crippen molar-refractivity contribution in [3.63, 3.8) is 0 Å². The topological polar surface area (TPSA) is 54.9 Å². The fraction of sp³-hybridized carbons (Fsp3) is 0.261. The van der Waals surface area contributed by atoms with Crippen molar-refractivity contribution in [2.75, 3.05) is 11.1 Å². The maximum absolute atomic E-state index is 12.4. The maximum Gasteiger partial charge on any atom is 0.234 e. The van der Waals surface area contributed by atoms with E-state index in [2.05, 4.69) is 66.6 Å². The van der Waals surface area contributed by atoms with E-state index in [1.54, 1.807) is 0 Å². The van der Waals surface area contributed by atoms with E-state index in [9.17, 15) is 4.79 Å². The Balaban J connectivity index is 1.62. The second-order valence-electron chi connectivity index (χ2n) is 7.17. The fourth-order valence-corrected chi connectivity index (χ4v) is 3.76. The SMILES string of the molecule is Cc1cc(C)c(NC(=O)CSc2ccc(-c3ccc(C)c(C)c3)nn2)c(C)c1. The van der Waals surface area contributed by atoms with E-state index in [1.165, 1.54) is 28.5 Å². The number of hydrogen-bond donors (Lipinski definition) is 1.